The molecule has 0 saturated carbocycles. The van der Waals surface area contributed by atoms with Crippen molar-refractivity contribution in [1.82, 2.24) is 20.2 Å². The Labute approximate surface area is 110 Å². The average molecular weight is 259 g/mol. The number of rotatable bonds is 4. The summed E-state index contributed by atoms with van der Waals surface area (Å²) in [6.45, 7) is 3.90. The molecule has 92 valence electrons. The highest BCUT2D eigenvalue weighted by molar-refractivity contribution is 7.99. The van der Waals surface area contributed by atoms with Crippen molar-refractivity contribution in [3.8, 4) is 11.8 Å². The van der Waals surface area contributed by atoms with Crippen LogP contribution in [0.25, 0.3) is 5.69 Å². The van der Waals surface area contributed by atoms with Crippen LogP contribution < -0.4 is 0 Å². The van der Waals surface area contributed by atoms with Gasteiger partial charge < -0.3 is 0 Å². The third-order valence-corrected chi connectivity index (χ3v) is 3.65. The third kappa shape index (κ3) is 2.68. The van der Waals surface area contributed by atoms with Crippen molar-refractivity contribution in [2.24, 2.45) is 5.92 Å². The summed E-state index contributed by atoms with van der Waals surface area (Å²) in [5.41, 5.74) is 2.08. The molecule has 0 aliphatic rings. The van der Waals surface area contributed by atoms with Gasteiger partial charge in [0.05, 0.1) is 17.7 Å². The minimum atomic E-state index is -0.0166. The second-order valence-corrected chi connectivity index (χ2v) is 4.99. The summed E-state index contributed by atoms with van der Waals surface area (Å²) in [5, 5.41) is 21.2. The summed E-state index contributed by atoms with van der Waals surface area (Å²) >= 11 is 1.49. The van der Waals surface area contributed by atoms with Crippen LogP contribution in [0.4, 0.5) is 0 Å². The molecule has 0 saturated heterocycles. The van der Waals surface area contributed by atoms with Crippen molar-refractivity contribution >= 4 is 11.8 Å². The van der Waals surface area contributed by atoms with E-state index in [-0.39, 0.29) is 5.92 Å². The van der Waals surface area contributed by atoms with Gasteiger partial charge in [0.25, 0.3) is 0 Å². The van der Waals surface area contributed by atoms with E-state index in [4.69, 9.17) is 5.26 Å². The van der Waals surface area contributed by atoms with E-state index >= 15 is 0 Å². The molecule has 2 aromatic rings. The Morgan fingerprint density at radius 3 is 2.94 bits per heavy atom. The largest absolute Gasteiger partial charge is 0.214 e. The van der Waals surface area contributed by atoms with Gasteiger partial charge in [0, 0.05) is 5.75 Å². The molecule has 1 aromatic heterocycles. The zero-order chi connectivity index (χ0) is 13.0. The van der Waals surface area contributed by atoms with Gasteiger partial charge in [-0.05, 0) is 35.9 Å². The fraction of sp³-hybridized carbons (Fsp3) is 0.333. The maximum Gasteiger partial charge on any atom is 0.214 e. The fourth-order valence-corrected chi connectivity index (χ4v) is 2.28. The van der Waals surface area contributed by atoms with Crippen molar-refractivity contribution in [3.63, 3.8) is 0 Å². The predicted molar refractivity (Wildman–Crippen MR) is 69.4 cm³/mol. The lowest BCUT2D eigenvalue weighted by Crippen LogP contribution is -2.02. The predicted octanol–water partition coefficient (Wildman–Crippen LogP) is 2.22. The van der Waals surface area contributed by atoms with Gasteiger partial charge in [-0.2, -0.15) is 9.94 Å². The number of nitrogens with zero attached hydrogens (tertiary/aromatic N) is 5. The van der Waals surface area contributed by atoms with Crippen LogP contribution in [0.1, 0.15) is 12.5 Å². The smallest absolute Gasteiger partial charge is 0.198 e. The van der Waals surface area contributed by atoms with E-state index in [1.165, 1.54) is 11.8 Å². The zero-order valence-electron chi connectivity index (χ0n) is 10.2. The first-order chi connectivity index (χ1) is 8.72. The number of benzene rings is 1. The third-order valence-electron chi connectivity index (χ3n) is 2.47. The number of tetrazole rings is 1. The Kier molecular flexibility index (Phi) is 3.95. The standard InChI is InChI=1S/C12H13N5S/c1-9(7-13)8-18-12-14-15-16-17(12)11-6-4-3-5-10(11)2/h3-6,9H,8H2,1-2H3/t9-/m0/s1. The van der Waals surface area contributed by atoms with Crippen molar-refractivity contribution in [2.45, 2.75) is 19.0 Å². The van der Waals surface area contributed by atoms with Gasteiger partial charge in [-0.25, -0.2) is 0 Å². The number of hydrogen-bond acceptors (Lipinski definition) is 5. The molecule has 1 aromatic carbocycles. The minimum absolute atomic E-state index is 0.0166. The van der Waals surface area contributed by atoms with Crippen LogP contribution >= 0.6 is 11.8 Å². The molecule has 0 amide bonds. The number of aryl methyl sites for hydroxylation is 1. The van der Waals surface area contributed by atoms with Gasteiger partial charge in [0.1, 0.15) is 0 Å². The second-order valence-electron chi connectivity index (χ2n) is 4.00. The average Bonchev–Trinajstić information content (AvgIpc) is 2.84. The highest BCUT2D eigenvalue weighted by Crippen LogP contribution is 2.21. The summed E-state index contributed by atoms with van der Waals surface area (Å²) < 4.78 is 1.71. The SMILES string of the molecule is Cc1ccccc1-n1nnnc1SC[C@@H](C)C#N. The van der Waals surface area contributed by atoms with Crippen LogP contribution in [0.15, 0.2) is 29.4 Å². The monoisotopic (exact) mass is 259 g/mol. The molecule has 1 heterocycles. The Morgan fingerprint density at radius 2 is 2.22 bits per heavy atom. The molecule has 0 aliphatic heterocycles. The quantitative estimate of drug-likeness (QED) is 0.787. The van der Waals surface area contributed by atoms with Crippen molar-refractivity contribution in [1.29, 1.82) is 5.26 Å². The summed E-state index contributed by atoms with van der Waals surface area (Å²) in [6, 6.07) is 10.1. The van der Waals surface area contributed by atoms with Gasteiger partial charge in [-0.15, -0.1) is 5.10 Å². The number of thioether (sulfide) groups is 1. The summed E-state index contributed by atoms with van der Waals surface area (Å²) in [6.07, 6.45) is 0. The van der Waals surface area contributed by atoms with Gasteiger partial charge in [-0.3, -0.25) is 0 Å². The Balaban J connectivity index is 2.24. The van der Waals surface area contributed by atoms with E-state index in [2.05, 4.69) is 21.6 Å². The maximum atomic E-state index is 8.77. The molecule has 0 bridgehead atoms. The Bertz CT molecular complexity index is 572. The van der Waals surface area contributed by atoms with E-state index in [1.807, 2.05) is 38.1 Å². The molecule has 6 heteroatoms. The van der Waals surface area contributed by atoms with Gasteiger partial charge in [0.15, 0.2) is 0 Å². The highest BCUT2D eigenvalue weighted by Gasteiger charge is 2.11. The first-order valence-electron chi connectivity index (χ1n) is 5.59. The lowest BCUT2D eigenvalue weighted by molar-refractivity contribution is 0.750. The first-order valence-corrected chi connectivity index (χ1v) is 6.57. The topological polar surface area (TPSA) is 67.4 Å². The molecule has 0 radical (unpaired) electrons. The van der Waals surface area contributed by atoms with E-state index < -0.39 is 0 Å². The van der Waals surface area contributed by atoms with Crippen molar-refractivity contribution in [2.75, 3.05) is 5.75 Å². The molecule has 0 aliphatic carbocycles. The minimum Gasteiger partial charge on any atom is -0.198 e. The number of hydrogen-bond donors (Lipinski definition) is 0. The molecule has 2 rings (SSSR count). The van der Waals surface area contributed by atoms with Crippen LogP contribution in [0, 0.1) is 24.2 Å². The van der Waals surface area contributed by atoms with Gasteiger partial charge >= 0.3 is 0 Å². The van der Waals surface area contributed by atoms with E-state index in [1.54, 1.807) is 4.68 Å². The van der Waals surface area contributed by atoms with E-state index in [0.717, 1.165) is 11.3 Å². The first kappa shape index (κ1) is 12.6. The molecule has 1 atom stereocenters. The lowest BCUT2D eigenvalue weighted by Gasteiger charge is -2.07. The van der Waals surface area contributed by atoms with Gasteiger partial charge in [0.2, 0.25) is 5.16 Å². The number of para-hydroxylation sites is 1. The van der Waals surface area contributed by atoms with Crippen LogP contribution in [0.3, 0.4) is 0 Å². The molecule has 18 heavy (non-hydrogen) atoms. The molecule has 0 N–H and O–H groups in total. The molecule has 0 spiro atoms. The Morgan fingerprint density at radius 1 is 1.44 bits per heavy atom. The van der Waals surface area contributed by atoms with Crippen LogP contribution in [0.2, 0.25) is 0 Å². The number of aromatic nitrogens is 4. The van der Waals surface area contributed by atoms with Crippen molar-refractivity contribution in [3.05, 3.63) is 29.8 Å². The summed E-state index contributed by atoms with van der Waals surface area (Å²) in [4.78, 5) is 0. The van der Waals surface area contributed by atoms with Crippen LogP contribution in [-0.2, 0) is 0 Å². The maximum absolute atomic E-state index is 8.77. The van der Waals surface area contributed by atoms with Crippen molar-refractivity contribution < 1.29 is 0 Å². The van der Waals surface area contributed by atoms with Gasteiger partial charge in [-0.1, -0.05) is 30.0 Å². The molecule has 0 fully saturated rings. The normalized spacial score (nSPS) is 12.1. The molecule has 5 nitrogen and oxygen atoms in total. The second kappa shape index (κ2) is 5.65. The highest BCUT2D eigenvalue weighted by atomic mass is 32.2. The van der Waals surface area contributed by atoms with Crippen LogP contribution in [0.5, 0.6) is 0 Å². The number of nitriles is 1. The lowest BCUT2D eigenvalue weighted by atomic mass is 10.2. The molecular weight excluding hydrogens is 246 g/mol. The van der Waals surface area contributed by atoms with E-state index in [0.29, 0.717) is 10.9 Å². The zero-order valence-corrected chi connectivity index (χ0v) is 11.1. The summed E-state index contributed by atoms with van der Waals surface area (Å²) in [5.74, 6) is 0.667. The molecule has 0 unspecified atom stereocenters. The molecular formula is C12H13N5S. The fourth-order valence-electron chi connectivity index (χ4n) is 1.46. The summed E-state index contributed by atoms with van der Waals surface area (Å²) in [7, 11) is 0. The van der Waals surface area contributed by atoms with E-state index in [9.17, 15) is 0 Å². The van der Waals surface area contributed by atoms with Crippen LogP contribution in [-0.4, -0.2) is 26.0 Å². The Hall–Kier alpha value is -1.87.